The quantitative estimate of drug-likeness (QED) is 0.668. The highest BCUT2D eigenvalue weighted by Crippen LogP contribution is 2.33. The third-order valence-corrected chi connectivity index (χ3v) is 2.25. The zero-order valence-corrected chi connectivity index (χ0v) is 11.4. The molecule has 0 spiro atoms. The Morgan fingerprint density at radius 2 is 2.00 bits per heavy atom. The maximum Gasteiger partial charge on any atom is 0.573 e. The molecule has 0 aliphatic heterocycles. The summed E-state index contributed by atoms with van der Waals surface area (Å²) in [4.78, 5) is 11.3. The van der Waals surface area contributed by atoms with E-state index in [0.29, 0.717) is 5.56 Å². The third-order valence-electron chi connectivity index (χ3n) is 2.25. The van der Waals surface area contributed by atoms with Gasteiger partial charge in [0.05, 0.1) is 13.7 Å². The van der Waals surface area contributed by atoms with Crippen molar-refractivity contribution in [3.8, 4) is 11.5 Å². The van der Waals surface area contributed by atoms with E-state index in [1.165, 1.54) is 25.3 Å². The van der Waals surface area contributed by atoms with Gasteiger partial charge in [-0.15, -0.1) is 13.2 Å². The number of benzene rings is 1. The van der Waals surface area contributed by atoms with E-state index in [1.807, 2.05) is 0 Å². The van der Waals surface area contributed by atoms with Crippen LogP contribution in [0.1, 0.15) is 12.5 Å². The topological polar surface area (TPSA) is 70.8 Å². The number of esters is 1. The van der Waals surface area contributed by atoms with Crippen molar-refractivity contribution in [2.24, 2.45) is 5.73 Å². The summed E-state index contributed by atoms with van der Waals surface area (Å²) in [6.07, 6.45) is -3.56. The van der Waals surface area contributed by atoms with Crippen molar-refractivity contribution in [3.05, 3.63) is 29.5 Å². The van der Waals surface area contributed by atoms with Crippen LogP contribution in [0.4, 0.5) is 13.2 Å². The number of hydrogen-bond acceptors (Lipinski definition) is 5. The van der Waals surface area contributed by atoms with Gasteiger partial charge in [0, 0.05) is 0 Å². The molecule has 0 atom stereocenters. The Morgan fingerprint density at radius 3 is 2.52 bits per heavy atom. The summed E-state index contributed by atoms with van der Waals surface area (Å²) in [5, 5.41) is 0. The molecule has 1 aromatic rings. The van der Waals surface area contributed by atoms with E-state index >= 15 is 0 Å². The second kappa shape index (κ2) is 6.87. The molecule has 116 valence electrons. The molecule has 2 N–H and O–H groups in total. The van der Waals surface area contributed by atoms with Gasteiger partial charge in [-0.3, -0.25) is 0 Å². The van der Waals surface area contributed by atoms with Crippen LogP contribution in [0.2, 0.25) is 0 Å². The van der Waals surface area contributed by atoms with Gasteiger partial charge in [0.25, 0.3) is 0 Å². The number of carbonyl (C=O) groups excluding carboxylic acids is 1. The van der Waals surface area contributed by atoms with Crippen LogP contribution in [0.25, 0.3) is 6.08 Å². The molecule has 0 saturated heterocycles. The average Bonchev–Trinajstić information content (AvgIpc) is 2.39. The second-order valence-corrected chi connectivity index (χ2v) is 3.78. The number of ether oxygens (including phenoxy) is 3. The van der Waals surface area contributed by atoms with Crippen molar-refractivity contribution in [1.29, 1.82) is 0 Å². The van der Waals surface area contributed by atoms with Crippen LogP contribution in [0.15, 0.2) is 23.9 Å². The summed E-state index contributed by atoms with van der Waals surface area (Å²) in [5.74, 6) is -1.35. The van der Waals surface area contributed by atoms with Gasteiger partial charge in [0.15, 0.2) is 11.5 Å². The monoisotopic (exact) mass is 305 g/mol. The zero-order valence-electron chi connectivity index (χ0n) is 11.4. The van der Waals surface area contributed by atoms with Crippen LogP contribution < -0.4 is 15.2 Å². The molecule has 0 aliphatic rings. The fraction of sp³-hybridized carbons (Fsp3) is 0.308. The highest BCUT2D eigenvalue weighted by molar-refractivity contribution is 5.92. The summed E-state index contributed by atoms with van der Waals surface area (Å²) >= 11 is 0. The van der Waals surface area contributed by atoms with E-state index in [2.05, 4.69) is 9.47 Å². The first-order valence-electron chi connectivity index (χ1n) is 5.85. The Balaban J connectivity index is 3.02. The Kier molecular flexibility index (Phi) is 5.45. The minimum Gasteiger partial charge on any atom is -0.493 e. The van der Waals surface area contributed by atoms with E-state index in [1.54, 1.807) is 6.92 Å². The summed E-state index contributed by atoms with van der Waals surface area (Å²) < 4.78 is 49.9. The molecule has 0 bridgehead atoms. The molecule has 21 heavy (non-hydrogen) atoms. The number of hydrogen-bond donors (Lipinski definition) is 1. The first-order chi connectivity index (χ1) is 9.76. The molecule has 0 amide bonds. The lowest BCUT2D eigenvalue weighted by atomic mass is 10.1. The van der Waals surface area contributed by atoms with E-state index in [0.717, 1.165) is 6.07 Å². The number of halogens is 3. The minimum absolute atomic E-state index is 0.141. The van der Waals surface area contributed by atoms with Crippen molar-refractivity contribution in [2.75, 3.05) is 13.7 Å². The largest absolute Gasteiger partial charge is 0.573 e. The molecule has 0 aromatic heterocycles. The lowest BCUT2D eigenvalue weighted by Crippen LogP contribution is -2.17. The predicted octanol–water partition coefficient (Wildman–Crippen LogP) is 2.46. The van der Waals surface area contributed by atoms with Crippen LogP contribution in [0.5, 0.6) is 11.5 Å². The fourth-order valence-electron chi connectivity index (χ4n) is 1.44. The molecule has 0 unspecified atom stereocenters. The van der Waals surface area contributed by atoms with E-state index in [9.17, 15) is 18.0 Å². The summed E-state index contributed by atoms with van der Waals surface area (Å²) in [6.45, 7) is 1.78. The fourth-order valence-corrected chi connectivity index (χ4v) is 1.44. The van der Waals surface area contributed by atoms with Crippen LogP contribution in [0, 0.1) is 0 Å². The van der Waals surface area contributed by atoms with Crippen molar-refractivity contribution in [2.45, 2.75) is 13.3 Å². The molecule has 0 heterocycles. The standard InChI is InChI=1S/C13H14F3NO4/c1-3-20-12(18)9(17)6-8-4-5-10(11(7-8)19-2)21-13(14,15)16/h4-7H,3,17H2,1-2H3/b9-6-. The number of alkyl halides is 3. The smallest absolute Gasteiger partial charge is 0.493 e. The van der Waals surface area contributed by atoms with Gasteiger partial charge in [-0.2, -0.15) is 0 Å². The molecule has 8 heteroatoms. The maximum atomic E-state index is 12.2. The van der Waals surface area contributed by atoms with Crippen molar-refractivity contribution in [1.82, 2.24) is 0 Å². The molecule has 0 fully saturated rings. The first kappa shape index (κ1) is 16.7. The molecular formula is C13H14F3NO4. The normalized spacial score (nSPS) is 12.0. The van der Waals surface area contributed by atoms with Gasteiger partial charge >= 0.3 is 12.3 Å². The molecule has 1 aromatic carbocycles. The van der Waals surface area contributed by atoms with Gasteiger partial charge in [0.2, 0.25) is 0 Å². The lowest BCUT2D eigenvalue weighted by Gasteiger charge is -2.13. The van der Waals surface area contributed by atoms with Gasteiger partial charge < -0.3 is 19.9 Å². The van der Waals surface area contributed by atoms with Gasteiger partial charge in [-0.1, -0.05) is 6.07 Å². The van der Waals surface area contributed by atoms with Crippen LogP contribution in [-0.4, -0.2) is 26.0 Å². The van der Waals surface area contributed by atoms with Crippen LogP contribution >= 0.6 is 0 Å². The SMILES string of the molecule is CCOC(=O)/C(N)=C/c1ccc(OC(F)(F)F)c(OC)c1. The maximum absolute atomic E-state index is 12.2. The highest BCUT2D eigenvalue weighted by Gasteiger charge is 2.32. The minimum atomic E-state index is -4.82. The molecule has 0 radical (unpaired) electrons. The Bertz CT molecular complexity index is 541. The summed E-state index contributed by atoms with van der Waals surface area (Å²) in [6, 6.07) is 3.62. The molecular weight excluding hydrogens is 291 g/mol. The number of carbonyl (C=O) groups is 1. The van der Waals surface area contributed by atoms with Gasteiger partial charge in [-0.05, 0) is 30.7 Å². The van der Waals surface area contributed by atoms with Crippen LogP contribution in [-0.2, 0) is 9.53 Å². The molecule has 0 aliphatic carbocycles. The predicted molar refractivity (Wildman–Crippen MR) is 68.5 cm³/mol. The summed E-state index contributed by atoms with van der Waals surface area (Å²) in [7, 11) is 1.20. The van der Waals surface area contributed by atoms with Crippen molar-refractivity contribution in [3.63, 3.8) is 0 Å². The number of methoxy groups -OCH3 is 1. The van der Waals surface area contributed by atoms with Gasteiger partial charge in [0.1, 0.15) is 5.70 Å². The lowest BCUT2D eigenvalue weighted by molar-refractivity contribution is -0.275. The average molecular weight is 305 g/mol. The number of rotatable bonds is 5. The molecule has 0 saturated carbocycles. The molecule has 5 nitrogen and oxygen atoms in total. The van der Waals surface area contributed by atoms with Crippen LogP contribution in [0.3, 0.4) is 0 Å². The Labute approximate surface area is 119 Å². The molecule has 1 rings (SSSR count). The Hall–Kier alpha value is -2.38. The van der Waals surface area contributed by atoms with E-state index in [-0.39, 0.29) is 18.1 Å². The second-order valence-electron chi connectivity index (χ2n) is 3.78. The number of nitrogens with two attached hydrogens (primary N) is 1. The zero-order chi connectivity index (χ0) is 16.0. The highest BCUT2D eigenvalue weighted by atomic mass is 19.4. The van der Waals surface area contributed by atoms with Crippen molar-refractivity contribution >= 4 is 12.0 Å². The third kappa shape index (κ3) is 5.25. The Morgan fingerprint density at radius 1 is 1.33 bits per heavy atom. The van der Waals surface area contributed by atoms with E-state index in [4.69, 9.17) is 10.5 Å². The van der Waals surface area contributed by atoms with Crippen molar-refractivity contribution < 1.29 is 32.2 Å². The summed E-state index contributed by atoms with van der Waals surface area (Å²) in [5.41, 5.74) is 5.69. The van der Waals surface area contributed by atoms with Gasteiger partial charge in [-0.25, -0.2) is 4.79 Å². The first-order valence-corrected chi connectivity index (χ1v) is 5.85. The van der Waals surface area contributed by atoms with E-state index < -0.39 is 18.1 Å².